The lowest BCUT2D eigenvalue weighted by Gasteiger charge is -2.24. The maximum absolute atomic E-state index is 12.6. The number of carbonyl (C=O) groups excluding carboxylic acids is 1. The lowest BCUT2D eigenvalue weighted by atomic mass is 10.1. The average Bonchev–Trinajstić information content (AvgIpc) is 3.04. The van der Waals surface area contributed by atoms with Crippen LogP contribution in [0, 0.1) is 0 Å². The third-order valence-electron chi connectivity index (χ3n) is 4.16. The zero-order valence-electron chi connectivity index (χ0n) is 14.6. The van der Waals surface area contributed by atoms with Crippen LogP contribution in [0.25, 0.3) is 0 Å². The Labute approximate surface area is 151 Å². The van der Waals surface area contributed by atoms with E-state index in [9.17, 15) is 18.0 Å². The molecule has 0 saturated heterocycles. The van der Waals surface area contributed by atoms with Crippen molar-refractivity contribution in [2.24, 2.45) is 5.14 Å². The maximum Gasteiger partial charge on any atom is 0.339 e. The van der Waals surface area contributed by atoms with E-state index < -0.39 is 27.9 Å². The van der Waals surface area contributed by atoms with Crippen molar-refractivity contribution in [3.63, 3.8) is 0 Å². The molecule has 1 amide bonds. The highest BCUT2D eigenvalue weighted by atomic mass is 32.2. The summed E-state index contributed by atoms with van der Waals surface area (Å²) < 4.78 is 28.0. The SMILES string of the molecule is CCc1oc(C(=O)N(C)C(C)c2ccc(S(N)(=O)=O)cc2)cc1C(=O)O. The molecule has 0 radical (unpaired) electrons. The number of aryl methyl sites for hydroxylation is 1. The van der Waals surface area contributed by atoms with Crippen molar-refractivity contribution >= 4 is 21.9 Å². The van der Waals surface area contributed by atoms with E-state index >= 15 is 0 Å². The predicted molar refractivity (Wildman–Crippen MR) is 93.4 cm³/mol. The van der Waals surface area contributed by atoms with Crippen LogP contribution >= 0.6 is 0 Å². The molecule has 0 saturated carbocycles. The lowest BCUT2D eigenvalue weighted by molar-refractivity contribution is 0.0689. The van der Waals surface area contributed by atoms with Gasteiger partial charge in [-0.25, -0.2) is 18.4 Å². The van der Waals surface area contributed by atoms with Gasteiger partial charge in [0.15, 0.2) is 5.76 Å². The van der Waals surface area contributed by atoms with Crippen molar-refractivity contribution < 1.29 is 27.5 Å². The van der Waals surface area contributed by atoms with E-state index in [0.717, 1.165) is 0 Å². The van der Waals surface area contributed by atoms with Gasteiger partial charge in [0.2, 0.25) is 10.0 Å². The second-order valence-corrected chi connectivity index (χ2v) is 7.37. The first-order chi connectivity index (χ1) is 12.1. The Hall–Kier alpha value is -2.65. The molecule has 3 N–H and O–H groups in total. The summed E-state index contributed by atoms with van der Waals surface area (Å²) in [5.41, 5.74) is 0.656. The summed E-state index contributed by atoms with van der Waals surface area (Å²) in [5, 5.41) is 14.2. The fourth-order valence-electron chi connectivity index (χ4n) is 2.49. The lowest BCUT2D eigenvalue weighted by Crippen LogP contribution is -2.29. The zero-order valence-corrected chi connectivity index (χ0v) is 15.4. The number of sulfonamides is 1. The molecule has 0 aliphatic heterocycles. The largest absolute Gasteiger partial charge is 0.478 e. The minimum Gasteiger partial charge on any atom is -0.478 e. The molecule has 0 aliphatic rings. The van der Waals surface area contributed by atoms with Gasteiger partial charge in [-0.1, -0.05) is 19.1 Å². The first-order valence-corrected chi connectivity index (χ1v) is 9.36. The number of carbonyl (C=O) groups is 2. The van der Waals surface area contributed by atoms with Crippen LogP contribution in [-0.2, 0) is 16.4 Å². The zero-order chi connectivity index (χ0) is 19.6. The van der Waals surface area contributed by atoms with E-state index in [1.54, 1.807) is 33.0 Å². The highest BCUT2D eigenvalue weighted by molar-refractivity contribution is 7.89. The van der Waals surface area contributed by atoms with Gasteiger partial charge >= 0.3 is 5.97 Å². The molecule has 0 bridgehead atoms. The van der Waals surface area contributed by atoms with Crippen molar-refractivity contribution in [2.45, 2.75) is 31.2 Å². The van der Waals surface area contributed by atoms with E-state index in [2.05, 4.69) is 0 Å². The van der Waals surface area contributed by atoms with Crippen molar-refractivity contribution in [2.75, 3.05) is 7.05 Å². The van der Waals surface area contributed by atoms with Crippen LogP contribution in [-0.4, -0.2) is 37.3 Å². The Morgan fingerprint density at radius 2 is 1.85 bits per heavy atom. The maximum atomic E-state index is 12.6. The van der Waals surface area contributed by atoms with Gasteiger partial charge in [-0.15, -0.1) is 0 Å². The van der Waals surface area contributed by atoms with Crippen molar-refractivity contribution in [3.8, 4) is 0 Å². The number of amides is 1. The molecule has 0 fully saturated rings. The van der Waals surface area contributed by atoms with Gasteiger partial charge in [-0.2, -0.15) is 0 Å². The molecule has 9 heteroatoms. The van der Waals surface area contributed by atoms with Gasteiger partial charge in [0.1, 0.15) is 11.3 Å². The molecule has 1 heterocycles. The Morgan fingerprint density at radius 1 is 1.27 bits per heavy atom. The van der Waals surface area contributed by atoms with Crippen molar-refractivity contribution in [3.05, 3.63) is 53.0 Å². The van der Waals surface area contributed by atoms with Crippen LogP contribution in [0.4, 0.5) is 0 Å². The van der Waals surface area contributed by atoms with E-state index in [4.69, 9.17) is 14.7 Å². The monoisotopic (exact) mass is 380 g/mol. The van der Waals surface area contributed by atoms with E-state index in [0.29, 0.717) is 12.0 Å². The van der Waals surface area contributed by atoms with Crippen molar-refractivity contribution in [1.82, 2.24) is 4.90 Å². The molecule has 0 aliphatic carbocycles. The summed E-state index contributed by atoms with van der Waals surface area (Å²) in [6, 6.07) is 6.68. The predicted octanol–water partition coefficient (Wildman–Crippen LogP) is 2.02. The first kappa shape index (κ1) is 19.7. The van der Waals surface area contributed by atoms with Gasteiger partial charge in [0.05, 0.1) is 10.9 Å². The Balaban J connectivity index is 2.26. The summed E-state index contributed by atoms with van der Waals surface area (Å²) in [5.74, 6) is -1.46. The molecule has 1 aromatic carbocycles. The number of hydrogen-bond acceptors (Lipinski definition) is 5. The normalized spacial score (nSPS) is 12.6. The van der Waals surface area contributed by atoms with Gasteiger partial charge in [-0.05, 0) is 24.6 Å². The van der Waals surface area contributed by atoms with E-state index in [1.807, 2.05) is 0 Å². The molecule has 26 heavy (non-hydrogen) atoms. The number of hydrogen-bond donors (Lipinski definition) is 2. The van der Waals surface area contributed by atoms with Crippen LogP contribution in [0.5, 0.6) is 0 Å². The Morgan fingerprint density at radius 3 is 2.27 bits per heavy atom. The molecular formula is C17H20N2O6S. The third kappa shape index (κ3) is 3.94. The minimum absolute atomic E-state index is 0.0212. The molecule has 1 unspecified atom stereocenters. The molecule has 2 aromatic rings. The van der Waals surface area contributed by atoms with Crippen LogP contribution in [0.1, 0.15) is 52.1 Å². The van der Waals surface area contributed by atoms with Crippen molar-refractivity contribution in [1.29, 1.82) is 0 Å². The summed E-state index contributed by atoms with van der Waals surface area (Å²) in [6.45, 7) is 3.49. The second-order valence-electron chi connectivity index (χ2n) is 5.81. The molecule has 1 atom stereocenters. The van der Waals surface area contributed by atoms with Crippen LogP contribution in [0.2, 0.25) is 0 Å². The van der Waals surface area contributed by atoms with Gasteiger partial charge in [0, 0.05) is 19.5 Å². The Bertz CT molecular complexity index is 931. The molecule has 140 valence electrons. The van der Waals surface area contributed by atoms with Gasteiger partial charge in [-0.3, -0.25) is 4.79 Å². The van der Waals surface area contributed by atoms with E-state index in [1.165, 1.54) is 23.1 Å². The molecule has 0 spiro atoms. The number of furan rings is 1. The third-order valence-corrected chi connectivity index (χ3v) is 5.09. The molecule has 2 rings (SSSR count). The Kier molecular flexibility index (Phi) is 5.53. The minimum atomic E-state index is -3.79. The smallest absolute Gasteiger partial charge is 0.339 e. The van der Waals surface area contributed by atoms with Gasteiger partial charge < -0.3 is 14.4 Å². The molecule has 1 aromatic heterocycles. The fourth-order valence-corrected chi connectivity index (χ4v) is 3.00. The number of carboxylic acids is 1. The molecular weight excluding hydrogens is 360 g/mol. The highest BCUT2D eigenvalue weighted by Gasteiger charge is 2.25. The van der Waals surface area contributed by atoms with Crippen LogP contribution in [0.3, 0.4) is 0 Å². The number of rotatable bonds is 6. The second kappa shape index (κ2) is 7.30. The summed E-state index contributed by atoms with van der Waals surface area (Å²) >= 11 is 0. The number of nitrogens with zero attached hydrogens (tertiary/aromatic N) is 1. The first-order valence-electron chi connectivity index (χ1n) is 7.82. The number of benzene rings is 1. The summed E-state index contributed by atoms with van der Waals surface area (Å²) in [7, 11) is -2.24. The number of aromatic carboxylic acids is 1. The number of nitrogens with two attached hydrogens (primary N) is 1. The summed E-state index contributed by atoms with van der Waals surface area (Å²) in [6.07, 6.45) is 0.350. The summed E-state index contributed by atoms with van der Waals surface area (Å²) in [4.78, 5) is 25.2. The topological polar surface area (TPSA) is 131 Å². The standard InChI is InChI=1S/C17H20N2O6S/c1-4-14-13(17(21)22)9-15(25-14)16(20)19(3)10(2)11-5-7-12(8-6-11)26(18,23)24/h5-10H,4H2,1-3H3,(H,21,22)(H2,18,23,24). The van der Waals surface area contributed by atoms with E-state index in [-0.39, 0.29) is 22.0 Å². The quantitative estimate of drug-likeness (QED) is 0.788. The van der Waals surface area contributed by atoms with Gasteiger partial charge in [0.25, 0.3) is 5.91 Å². The average molecular weight is 380 g/mol. The number of carboxylic acid groups (broad SMARTS) is 1. The highest BCUT2D eigenvalue weighted by Crippen LogP contribution is 2.24. The number of primary sulfonamides is 1. The fraction of sp³-hybridized carbons (Fsp3) is 0.294. The molecule has 8 nitrogen and oxygen atoms in total. The van der Waals surface area contributed by atoms with Crippen LogP contribution in [0.15, 0.2) is 39.6 Å². The van der Waals surface area contributed by atoms with Crippen LogP contribution < -0.4 is 5.14 Å².